The van der Waals surface area contributed by atoms with Gasteiger partial charge in [-0.3, -0.25) is 24.6 Å². The fourth-order valence-electron chi connectivity index (χ4n) is 3.87. The number of hydrogen-bond donors (Lipinski definition) is 1. The van der Waals surface area contributed by atoms with Crippen molar-refractivity contribution in [2.24, 2.45) is 0 Å². The van der Waals surface area contributed by atoms with Gasteiger partial charge in [0, 0.05) is 11.8 Å². The molecule has 3 aromatic rings. The lowest BCUT2D eigenvalue weighted by molar-refractivity contribution is -0.385. The van der Waals surface area contributed by atoms with Crippen molar-refractivity contribution in [3.05, 3.63) is 118 Å². The Kier molecular flexibility index (Phi) is 6.22. The molecular formula is C26H20N2O6. The number of benzene rings is 3. The Hall–Kier alpha value is -4.72. The third-order valence-electron chi connectivity index (χ3n) is 5.48. The number of nitro benzene ring substituents is 1. The van der Waals surface area contributed by atoms with Gasteiger partial charge in [0.15, 0.2) is 11.5 Å². The van der Waals surface area contributed by atoms with Crippen LogP contribution in [0.2, 0.25) is 0 Å². The molecule has 1 amide bonds. The van der Waals surface area contributed by atoms with Crippen LogP contribution >= 0.6 is 0 Å². The Morgan fingerprint density at radius 2 is 1.68 bits per heavy atom. The van der Waals surface area contributed by atoms with Gasteiger partial charge >= 0.3 is 0 Å². The van der Waals surface area contributed by atoms with Crippen LogP contribution in [0.5, 0.6) is 5.75 Å². The molecule has 34 heavy (non-hydrogen) atoms. The summed E-state index contributed by atoms with van der Waals surface area (Å²) >= 11 is 0. The molecule has 1 atom stereocenters. The number of para-hydroxylation sites is 1. The van der Waals surface area contributed by atoms with Gasteiger partial charge in [0.2, 0.25) is 0 Å². The summed E-state index contributed by atoms with van der Waals surface area (Å²) in [5.74, 6) is -1.67. The third kappa shape index (κ3) is 4.16. The van der Waals surface area contributed by atoms with E-state index in [0.717, 1.165) is 5.56 Å². The Morgan fingerprint density at radius 3 is 2.32 bits per heavy atom. The largest absolute Gasteiger partial charge is 0.503 e. The summed E-state index contributed by atoms with van der Waals surface area (Å²) in [7, 11) is 1.50. The number of aliphatic hydroxyl groups excluding tert-OH is 1. The predicted octanol–water partition coefficient (Wildman–Crippen LogP) is 4.79. The zero-order valence-electron chi connectivity index (χ0n) is 18.1. The van der Waals surface area contributed by atoms with Crippen molar-refractivity contribution in [1.82, 2.24) is 0 Å². The maximum Gasteiger partial charge on any atom is 0.294 e. The van der Waals surface area contributed by atoms with Gasteiger partial charge in [-0.1, -0.05) is 48.5 Å². The molecule has 1 unspecified atom stereocenters. The highest BCUT2D eigenvalue weighted by Gasteiger charge is 2.46. The van der Waals surface area contributed by atoms with Crippen LogP contribution < -0.4 is 9.64 Å². The standard InChI is InChI=1S/C26H20N2O6/c1-34-19-14-12-18(13-15-19)27-24(20-9-5-6-10-21(20)28(32)33)23(25(30)26(27)31)22(29)16-11-17-7-3-2-4-8-17/h2-16,24,30H,1H3. The molecule has 3 aromatic carbocycles. The monoisotopic (exact) mass is 456 g/mol. The highest BCUT2D eigenvalue weighted by molar-refractivity contribution is 6.20. The van der Waals surface area contributed by atoms with Gasteiger partial charge < -0.3 is 9.84 Å². The SMILES string of the molecule is COc1ccc(N2C(=O)C(O)=C(C(=O)C=Cc3ccccc3)C2c2ccccc2[N+](=O)[O-])cc1. The average molecular weight is 456 g/mol. The highest BCUT2D eigenvalue weighted by Crippen LogP contribution is 2.44. The Labute approximate surface area is 195 Å². The zero-order chi connectivity index (χ0) is 24.2. The van der Waals surface area contributed by atoms with E-state index in [2.05, 4.69) is 0 Å². The first-order valence-electron chi connectivity index (χ1n) is 10.3. The molecule has 0 saturated heterocycles. The highest BCUT2D eigenvalue weighted by atomic mass is 16.6. The van der Waals surface area contributed by atoms with Crippen molar-refractivity contribution in [2.75, 3.05) is 12.0 Å². The molecule has 8 nitrogen and oxygen atoms in total. The smallest absolute Gasteiger partial charge is 0.294 e. The van der Waals surface area contributed by atoms with E-state index in [4.69, 9.17) is 4.74 Å². The van der Waals surface area contributed by atoms with Crippen molar-refractivity contribution in [2.45, 2.75) is 6.04 Å². The van der Waals surface area contributed by atoms with Crippen LogP contribution in [0.25, 0.3) is 6.08 Å². The number of carbonyl (C=O) groups excluding carboxylic acids is 2. The molecule has 0 saturated carbocycles. The zero-order valence-corrected chi connectivity index (χ0v) is 18.1. The molecule has 0 aromatic heterocycles. The van der Waals surface area contributed by atoms with E-state index in [1.807, 2.05) is 18.2 Å². The molecule has 1 aliphatic heterocycles. The number of allylic oxidation sites excluding steroid dienone is 1. The van der Waals surface area contributed by atoms with Crippen molar-refractivity contribution >= 4 is 29.1 Å². The fourth-order valence-corrected chi connectivity index (χ4v) is 3.87. The van der Waals surface area contributed by atoms with E-state index < -0.39 is 28.4 Å². The minimum absolute atomic E-state index is 0.108. The number of methoxy groups -OCH3 is 1. The molecule has 0 aliphatic carbocycles. The van der Waals surface area contributed by atoms with Crippen LogP contribution in [0.4, 0.5) is 11.4 Å². The fraction of sp³-hybridized carbons (Fsp3) is 0.0769. The number of rotatable bonds is 7. The van der Waals surface area contributed by atoms with Gasteiger partial charge in [-0.25, -0.2) is 0 Å². The van der Waals surface area contributed by atoms with Gasteiger partial charge in [-0.15, -0.1) is 0 Å². The molecular weight excluding hydrogens is 436 g/mol. The van der Waals surface area contributed by atoms with Crippen LogP contribution in [0.3, 0.4) is 0 Å². The second kappa shape index (κ2) is 9.41. The summed E-state index contributed by atoms with van der Waals surface area (Å²) in [5.41, 5.74) is 0.690. The maximum absolute atomic E-state index is 13.2. The maximum atomic E-state index is 13.2. The number of hydrogen-bond acceptors (Lipinski definition) is 6. The van der Waals surface area contributed by atoms with Crippen LogP contribution in [0.1, 0.15) is 17.2 Å². The van der Waals surface area contributed by atoms with Crippen LogP contribution in [0.15, 0.2) is 96.3 Å². The molecule has 8 heteroatoms. The van der Waals surface area contributed by atoms with E-state index in [0.29, 0.717) is 11.4 Å². The lowest BCUT2D eigenvalue weighted by atomic mass is 9.94. The predicted molar refractivity (Wildman–Crippen MR) is 126 cm³/mol. The Bertz CT molecular complexity index is 1310. The number of carbonyl (C=O) groups is 2. The summed E-state index contributed by atoms with van der Waals surface area (Å²) in [6, 6.07) is 20.1. The number of aliphatic hydroxyl groups is 1. The van der Waals surface area contributed by atoms with Gasteiger partial charge in [0.1, 0.15) is 11.8 Å². The molecule has 0 bridgehead atoms. The minimum Gasteiger partial charge on any atom is -0.503 e. The summed E-state index contributed by atoms with van der Waals surface area (Å²) in [5, 5.41) is 22.5. The average Bonchev–Trinajstić information content (AvgIpc) is 3.13. The summed E-state index contributed by atoms with van der Waals surface area (Å²) < 4.78 is 5.16. The normalized spacial score (nSPS) is 15.7. The summed E-state index contributed by atoms with van der Waals surface area (Å²) in [6.07, 6.45) is 2.80. The molecule has 170 valence electrons. The Balaban J connectivity index is 1.84. The van der Waals surface area contributed by atoms with Crippen molar-refractivity contribution < 1.29 is 24.4 Å². The molecule has 1 aliphatic rings. The molecule has 4 rings (SSSR count). The van der Waals surface area contributed by atoms with Crippen LogP contribution in [-0.2, 0) is 9.59 Å². The quantitative estimate of drug-likeness (QED) is 0.311. The number of anilines is 1. The number of nitrogens with zero attached hydrogens (tertiary/aromatic N) is 2. The topological polar surface area (TPSA) is 110 Å². The number of nitro groups is 1. The van der Waals surface area contributed by atoms with Crippen LogP contribution in [0, 0.1) is 10.1 Å². The minimum atomic E-state index is -1.20. The number of ether oxygens (including phenoxy) is 1. The first-order chi connectivity index (χ1) is 16.4. The summed E-state index contributed by atoms with van der Waals surface area (Å²) in [6.45, 7) is 0. The first kappa shape index (κ1) is 22.5. The first-order valence-corrected chi connectivity index (χ1v) is 10.3. The molecule has 1 heterocycles. The van der Waals surface area contributed by atoms with E-state index in [9.17, 15) is 24.8 Å². The van der Waals surface area contributed by atoms with E-state index >= 15 is 0 Å². The van der Waals surface area contributed by atoms with Crippen molar-refractivity contribution in [3.8, 4) is 5.75 Å². The van der Waals surface area contributed by atoms with Gasteiger partial charge in [-0.05, 0) is 42.0 Å². The lowest BCUT2D eigenvalue weighted by Crippen LogP contribution is -2.31. The molecule has 0 fully saturated rings. The van der Waals surface area contributed by atoms with Gasteiger partial charge in [0.05, 0.1) is 23.2 Å². The lowest BCUT2D eigenvalue weighted by Gasteiger charge is -2.26. The third-order valence-corrected chi connectivity index (χ3v) is 5.48. The van der Waals surface area contributed by atoms with E-state index in [-0.39, 0.29) is 16.8 Å². The number of ketones is 1. The van der Waals surface area contributed by atoms with E-state index in [1.165, 1.54) is 36.3 Å². The number of amides is 1. The molecule has 1 N–H and O–H groups in total. The van der Waals surface area contributed by atoms with Crippen LogP contribution in [-0.4, -0.2) is 28.8 Å². The van der Waals surface area contributed by atoms with Gasteiger partial charge in [0.25, 0.3) is 11.6 Å². The van der Waals surface area contributed by atoms with Crippen molar-refractivity contribution in [3.63, 3.8) is 0 Å². The summed E-state index contributed by atoms with van der Waals surface area (Å²) in [4.78, 5) is 38.8. The van der Waals surface area contributed by atoms with E-state index in [1.54, 1.807) is 48.5 Å². The Morgan fingerprint density at radius 1 is 1.03 bits per heavy atom. The molecule has 0 radical (unpaired) electrons. The van der Waals surface area contributed by atoms with Gasteiger partial charge in [-0.2, -0.15) is 0 Å². The molecule has 0 spiro atoms. The second-order valence-electron chi connectivity index (χ2n) is 7.46. The van der Waals surface area contributed by atoms with Crippen molar-refractivity contribution in [1.29, 1.82) is 0 Å². The second-order valence-corrected chi connectivity index (χ2v) is 7.46.